The van der Waals surface area contributed by atoms with Crippen molar-refractivity contribution in [2.75, 3.05) is 22.8 Å². The van der Waals surface area contributed by atoms with Crippen molar-refractivity contribution in [2.45, 2.75) is 0 Å². The predicted molar refractivity (Wildman–Crippen MR) is 70.3 cm³/mol. The van der Waals surface area contributed by atoms with E-state index in [1.54, 1.807) is 24.3 Å². The molecule has 8 heteroatoms. The third-order valence-corrected chi connectivity index (χ3v) is 3.46. The summed E-state index contributed by atoms with van der Waals surface area (Å²) in [6.07, 6.45) is 2.48. The highest BCUT2D eigenvalue weighted by molar-refractivity contribution is 7.92. The molecule has 0 atom stereocenters. The molecule has 2 aromatic rings. The molecule has 0 saturated heterocycles. The quantitative estimate of drug-likeness (QED) is 0.768. The lowest BCUT2D eigenvalue weighted by atomic mass is 10.3. The first-order valence-corrected chi connectivity index (χ1v) is 7.09. The summed E-state index contributed by atoms with van der Waals surface area (Å²) in [6.45, 7) is 0.0323. The Hall–Kier alpha value is -2.22. The second-order valence-corrected chi connectivity index (χ2v) is 5.59. The number of nitrogen functional groups attached to an aromatic ring is 1. The van der Waals surface area contributed by atoms with Crippen LogP contribution >= 0.6 is 0 Å². The lowest BCUT2D eigenvalue weighted by Crippen LogP contribution is -2.21. The molecule has 0 unspecified atom stereocenters. The number of nitrogens with one attached hydrogen (secondary N) is 1. The molecule has 3 N–H and O–H groups in total. The van der Waals surface area contributed by atoms with E-state index in [1.807, 2.05) is 0 Å². The number of aromatic nitrogens is 1. The van der Waals surface area contributed by atoms with E-state index in [1.165, 1.54) is 12.5 Å². The molecule has 2 rings (SSSR count). The number of anilines is 2. The molecule has 0 aliphatic carbocycles. The van der Waals surface area contributed by atoms with E-state index >= 15 is 0 Å². The highest BCUT2D eigenvalue weighted by atomic mass is 32.2. The molecule has 0 saturated carbocycles. The van der Waals surface area contributed by atoms with Crippen LogP contribution in [-0.2, 0) is 10.0 Å². The Morgan fingerprint density at radius 3 is 2.68 bits per heavy atom. The average Bonchev–Trinajstić information content (AvgIpc) is 2.83. The van der Waals surface area contributed by atoms with E-state index in [4.69, 9.17) is 10.5 Å². The van der Waals surface area contributed by atoms with Crippen LogP contribution in [-0.4, -0.2) is 25.9 Å². The minimum atomic E-state index is -3.48. The second-order valence-electron chi connectivity index (χ2n) is 3.75. The van der Waals surface area contributed by atoms with Crippen LogP contribution in [0.5, 0.6) is 5.75 Å². The first kappa shape index (κ1) is 13.2. The summed E-state index contributed by atoms with van der Waals surface area (Å²) in [7, 11) is -3.48. The summed E-state index contributed by atoms with van der Waals surface area (Å²) in [5, 5.41) is 3.40. The summed E-state index contributed by atoms with van der Waals surface area (Å²) in [6, 6.07) is 6.71. The third kappa shape index (κ3) is 4.18. The Morgan fingerprint density at radius 2 is 2.05 bits per heavy atom. The van der Waals surface area contributed by atoms with Crippen LogP contribution in [0, 0.1) is 0 Å². The maximum Gasteiger partial charge on any atom is 0.236 e. The second kappa shape index (κ2) is 5.61. The molecular weight excluding hydrogens is 270 g/mol. The fourth-order valence-electron chi connectivity index (χ4n) is 1.32. The monoisotopic (exact) mass is 283 g/mol. The van der Waals surface area contributed by atoms with Gasteiger partial charge in [-0.05, 0) is 24.3 Å². The van der Waals surface area contributed by atoms with E-state index in [2.05, 4.69) is 14.4 Å². The zero-order valence-electron chi connectivity index (χ0n) is 9.94. The van der Waals surface area contributed by atoms with Gasteiger partial charge in [-0.15, -0.1) is 0 Å². The van der Waals surface area contributed by atoms with Crippen molar-refractivity contribution < 1.29 is 17.7 Å². The van der Waals surface area contributed by atoms with E-state index in [9.17, 15) is 8.42 Å². The number of hydrogen-bond acceptors (Lipinski definition) is 6. The molecule has 0 aliphatic rings. The number of rotatable bonds is 6. The van der Waals surface area contributed by atoms with Gasteiger partial charge in [0.2, 0.25) is 10.0 Å². The van der Waals surface area contributed by atoms with Gasteiger partial charge in [-0.3, -0.25) is 4.72 Å². The summed E-state index contributed by atoms with van der Waals surface area (Å²) in [5.41, 5.74) is 6.43. The molecule has 0 radical (unpaired) electrons. The summed E-state index contributed by atoms with van der Waals surface area (Å²) < 4.78 is 35.5. The molecule has 1 heterocycles. The number of hydrogen-bond donors (Lipinski definition) is 2. The molecule has 0 aliphatic heterocycles. The van der Waals surface area contributed by atoms with Crippen molar-refractivity contribution in [3.8, 4) is 5.75 Å². The number of sulfonamides is 1. The molecule has 1 aromatic heterocycles. The van der Waals surface area contributed by atoms with Gasteiger partial charge >= 0.3 is 0 Å². The molecule has 0 bridgehead atoms. The van der Waals surface area contributed by atoms with Crippen molar-refractivity contribution in [1.82, 2.24) is 5.16 Å². The Kier molecular flexibility index (Phi) is 3.91. The summed E-state index contributed by atoms with van der Waals surface area (Å²) in [5.74, 6) is 0.386. The van der Waals surface area contributed by atoms with E-state index < -0.39 is 10.0 Å². The minimum absolute atomic E-state index is 0.0323. The normalized spacial score (nSPS) is 11.2. The van der Waals surface area contributed by atoms with Gasteiger partial charge in [-0.1, -0.05) is 5.16 Å². The molecule has 7 nitrogen and oxygen atoms in total. The van der Waals surface area contributed by atoms with Crippen molar-refractivity contribution in [3.05, 3.63) is 36.7 Å². The number of ether oxygens (including phenoxy) is 1. The lowest BCUT2D eigenvalue weighted by molar-refractivity contribution is 0.341. The predicted octanol–water partition coefficient (Wildman–Crippen LogP) is 1.08. The fourth-order valence-corrected chi connectivity index (χ4v) is 2.18. The van der Waals surface area contributed by atoms with E-state index in [-0.39, 0.29) is 18.0 Å². The van der Waals surface area contributed by atoms with Crippen LogP contribution in [0.15, 0.2) is 41.2 Å². The summed E-state index contributed by atoms with van der Waals surface area (Å²) >= 11 is 0. The lowest BCUT2D eigenvalue weighted by Gasteiger charge is -2.07. The fraction of sp³-hybridized carbons (Fsp3) is 0.182. The zero-order chi connectivity index (χ0) is 13.7. The maximum absolute atomic E-state index is 11.7. The van der Waals surface area contributed by atoms with Gasteiger partial charge in [0.25, 0.3) is 0 Å². The van der Waals surface area contributed by atoms with Crippen molar-refractivity contribution in [1.29, 1.82) is 0 Å². The van der Waals surface area contributed by atoms with Crippen LogP contribution in [0.2, 0.25) is 0 Å². The minimum Gasteiger partial charge on any atom is -0.492 e. The molecule has 102 valence electrons. The Balaban J connectivity index is 1.83. The number of nitrogens with two attached hydrogens (primary N) is 1. The van der Waals surface area contributed by atoms with Gasteiger partial charge in [0.15, 0.2) is 0 Å². The highest BCUT2D eigenvalue weighted by Gasteiger charge is 2.11. The Morgan fingerprint density at radius 1 is 1.32 bits per heavy atom. The van der Waals surface area contributed by atoms with Gasteiger partial charge in [0.05, 0.1) is 6.20 Å². The number of nitrogens with zero attached hydrogens (tertiary/aromatic N) is 1. The third-order valence-electron chi connectivity index (χ3n) is 2.21. The number of benzene rings is 1. The van der Waals surface area contributed by atoms with E-state index in [0.29, 0.717) is 11.4 Å². The van der Waals surface area contributed by atoms with Gasteiger partial charge < -0.3 is 15.0 Å². The van der Waals surface area contributed by atoms with Crippen LogP contribution in [0.4, 0.5) is 11.4 Å². The van der Waals surface area contributed by atoms with Crippen LogP contribution < -0.4 is 15.2 Å². The highest BCUT2D eigenvalue weighted by Crippen LogP contribution is 2.13. The van der Waals surface area contributed by atoms with Gasteiger partial charge in [0, 0.05) is 5.69 Å². The molecule has 1 aromatic carbocycles. The van der Waals surface area contributed by atoms with Crippen LogP contribution in [0.25, 0.3) is 0 Å². The first-order chi connectivity index (χ1) is 9.05. The van der Waals surface area contributed by atoms with Crippen molar-refractivity contribution >= 4 is 21.4 Å². The van der Waals surface area contributed by atoms with Crippen LogP contribution in [0.1, 0.15) is 0 Å². The molecule has 0 fully saturated rings. The SMILES string of the molecule is Nc1ccc(OCCS(=O)(=O)Nc2cnoc2)cc1. The van der Waals surface area contributed by atoms with E-state index in [0.717, 1.165) is 0 Å². The van der Waals surface area contributed by atoms with Crippen molar-refractivity contribution in [3.63, 3.8) is 0 Å². The van der Waals surface area contributed by atoms with Crippen molar-refractivity contribution in [2.24, 2.45) is 0 Å². The molecule has 0 amide bonds. The molecular formula is C11H13N3O4S. The largest absolute Gasteiger partial charge is 0.492 e. The Labute approximate surface area is 110 Å². The average molecular weight is 283 g/mol. The zero-order valence-corrected chi connectivity index (χ0v) is 10.8. The van der Waals surface area contributed by atoms with Gasteiger partial charge in [-0.2, -0.15) is 0 Å². The smallest absolute Gasteiger partial charge is 0.236 e. The standard InChI is InChI=1S/C11H13N3O4S/c12-9-1-3-11(4-2-9)17-5-6-19(15,16)14-10-7-13-18-8-10/h1-4,7-8,14H,5-6,12H2. The molecule has 0 spiro atoms. The van der Waals surface area contributed by atoms with Gasteiger partial charge in [-0.25, -0.2) is 8.42 Å². The maximum atomic E-state index is 11.7. The summed E-state index contributed by atoms with van der Waals surface area (Å²) in [4.78, 5) is 0. The Bertz CT molecular complexity index is 608. The van der Waals surface area contributed by atoms with Crippen LogP contribution in [0.3, 0.4) is 0 Å². The first-order valence-electron chi connectivity index (χ1n) is 5.43. The molecule has 19 heavy (non-hydrogen) atoms. The topological polar surface area (TPSA) is 107 Å². The van der Waals surface area contributed by atoms with Gasteiger partial charge in [0.1, 0.15) is 30.1 Å².